The Morgan fingerprint density at radius 1 is 1.40 bits per heavy atom. The minimum Gasteiger partial charge on any atom is -0.314 e. The van der Waals surface area contributed by atoms with E-state index in [1.807, 2.05) is 30.3 Å². The van der Waals surface area contributed by atoms with Gasteiger partial charge in [0, 0.05) is 24.8 Å². The molecule has 1 saturated heterocycles. The van der Waals surface area contributed by atoms with E-state index in [0.29, 0.717) is 12.6 Å². The summed E-state index contributed by atoms with van der Waals surface area (Å²) in [6.07, 6.45) is 0. The van der Waals surface area contributed by atoms with Gasteiger partial charge in [-0.25, -0.2) is 0 Å². The van der Waals surface area contributed by atoms with Gasteiger partial charge in [0.05, 0.1) is 12.6 Å². The van der Waals surface area contributed by atoms with Crippen LogP contribution in [0.2, 0.25) is 0 Å². The molecule has 106 valence electrons. The average Bonchev–Trinajstić information content (AvgIpc) is 2.42. The van der Waals surface area contributed by atoms with Crippen LogP contribution in [0.4, 0.5) is 5.69 Å². The summed E-state index contributed by atoms with van der Waals surface area (Å²) in [6.45, 7) is 5.22. The van der Waals surface area contributed by atoms with Crippen molar-refractivity contribution in [1.82, 2.24) is 10.2 Å². The molecular weight excluding hydrogens is 252 g/mol. The fourth-order valence-corrected chi connectivity index (χ4v) is 2.29. The lowest BCUT2D eigenvalue weighted by atomic mass is 10.1. The summed E-state index contributed by atoms with van der Waals surface area (Å²) in [7, 11) is 0. The van der Waals surface area contributed by atoms with E-state index in [1.54, 1.807) is 4.90 Å². The third-order valence-electron chi connectivity index (χ3n) is 3.62. The van der Waals surface area contributed by atoms with Crippen LogP contribution in [-0.4, -0.2) is 49.6 Å². The molecule has 1 aromatic carbocycles. The molecule has 0 aromatic heterocycles. The number of rotatable bonds is 6. The summed E-state index contributed by atoms with van der Waals surface area (Å²) in [4.78, 5) is 16.2. The molecule has 0 aliphatic carbocycles. The number of hydrogen-bond donors (Lipinski definition) is 1. The predicted octanol–water partition coefficient (Wildman–Crippen LogP) is 0.837. The first-order chi connectivity index (χ1) is 9.76. The Morgan fingerprint density at radius 3 is 2.60 bits per heavy atom. The molecule has 1 N–H and O–H groups in total. The van der Waals surface area contributed by atoms with Crippen molar-refractivity contribution in [1.29, 1.82) is 5.26 Å². The molecule has 0 bridgehead atoms. The number of carbonyl (C=O) groups is 1. The predicted molar refractivity (Wildman–Crippen MR) is 78.3 cm³/mol. The molecule has 1 aliphatic rings. The van der Waals surface area contributed by atoms with Crippen molar-refractivity contribution in [2.24, 2.45) is 0 Å². The Bertz CT molecular complexity index is 478. The van der Waals surface area contributed by atoms with Crippen LogP contribution in [0, 0.1) is 11.3 Å². The summed E-state index contributed by atoms with van der Waals surface area (Å²) < 4.78 is 0. The highest BCUT2D eigenvalue weighted by molar-refractivity contribution is 5.95. The summed E-state index contributed by atoms with van der Waals surface area (Å²) in [5, 5.41) is 12.2. The topological polar surface area (TPSA) is 59.4 Å². The molecule has 2 rings (SSSR count). The van der Waals surface area contributed by atoms with E-state index in [9.17, 15) is 4.79 Å². The van der Waals surface area contributed by atoms with Gasteiger partial charge < -0.3 is 5.32 Å². The number of carbonyl (C=O) groups excluding carboxylic acids is 1. The first-order valence-electron chi connectivity index (χ1n) is 6.93. The normalized spacial score (nSPS) is 14.7. The summed E-state index contributed by atoms with van der Waals surface area (Å²) in [6, 6.07) is 11.9. The zero-order chi connectivity index (χ0) is 14.4. The van der Waals surface area contributed by atoms with E-state index in [1.165, 1.54) is 0 Å². The Kier molecular flexibility index (Phi) is 5.10. The number of hydrogen-bond acceptors (Lipinski definition) is 4. The fraction of sp³-hybridized carbons (Fsp3) is 0.467. The van der Waals surface area contributed by atoms with Crippen LogP contribution in [-0.2, 0) is 4.79 Å². The molecule has 1 aliphatic heterocycles. The quantitative estimate of drug-likeness (QED) is 0.780. The number of benzene rings is 1. The van der Waals surface area contributed by atoms with Gasteiger partial charge >= 0.3 is 0 Å². The van der Waals surface area contributed by atoms with Gasteiger partial charge in [-0.05, 0) is 18.7 Å². The molecule has 0 saturated carbocycles. The molecule has 0 unspecified atom stereocenters. The van der Waals surface area contributed by atoms with Crippen LogP contribution in [0.5, 0.6) is 0 Å². The minimum atomic E-state index is -0.0218. The maximum absolute atomic E-state index is 12.5. The highest BCUT2D eigenvalue weighted by Gasteiger charge is 2.26. The van der Waals surface area contributed by atoms with Gasteiger partial charge in [0.2, 0.25) is 5.91 Å². The zero-order valence-corrected chi connectivity index (χ0v) is 11.7. The number of amides is 1. The highest BCUT2D eigenvalue weighted by Crippen LogP contribution is 2.14. The van der Waals surface area contributed by atoms with Crippen molar-refractivity contribution in [3.05, 3.63) is 30.3 Å². The van der Waals surface area contributed by atoms with Crippen molar-refractivity contribution in [2.75, 3.05) is 37.6 Å². The van der Waals surface area contributed by atoms with Gasteiger partial charge in [0.15, 0.2) is 0 Å². The van der Waals surface area contributed by atoms with Crippen molar-refractivity contribution in [2.45, 2.75) is 13.0 Å². The number of para-hydroxylation sites is 1. The van der Waals surface area contributed by atoms with Gasteiger partial charge in [-0.2, -0.15) is 5.26 Å². The summed E-state index contributed by atoms with van der Waals surface area (Å²) in [5.41, 5.74) is 0.779. The van der Waals surface area contributed by atoms with Crippen LogP contribution in [0.15, 0.2) is 30.3 Å². The number of nitrogens with zero attached hydrogens (tertiary/aromatic N) is 3. The maximum Gasteiger partial charge on any atom is 0.242 e. The Hall–Kier alpha value is -1.90. The molecule has 1 heterocycles. The minimum absolute atomic E-state index is 0.0218. The zero-order valence-electron chi connectivity index (χ0n) is 11.7. The van der Waals surface area contributed by atoms with Gasteiger partial charge in [0.25, 0.3) is 0 Å². The summed E-state index contributed by atoms with van der Waals surface area (Å²) >= 11 is 0. The lowest BCUT2D eigenvalue weighted by molar-refractivity contribution is -0.120. The van der Waals surface area contributed by atoms with E-state index in [2.05, 4.69) is 23.2 Å². The first kappa shape index (κ1) is 14.5. The highest BCUT2D eigenvalue weighted by atomic mass is 16.2. The lowest BCUT2D eigenvalue weighted by Crippen LogP contribution is -2.59. The number of anilines is 1. The summed E-state index contributed by atoms with van der Waals surface area (Å²) in [5.74, 6) is -0.0218. The number of likely N-dealkylation sites (N-methyl/N-ethyl adjacent to an activating group) is 1. The van der Waals surface area contributed by atoms with E-state index in [-0.39, 0.29) is 12.5 Å². The smallest absolute Gasteiger partial charge is 0.242 e. The molecule has 5 heteroatoms. The van der Waals surface area contributed by atoms with Crippen molar-refractivity contribution in [3.63, 3.8) is 0 Å². The van der Waals surface area contributed by atoms with Crippen LogP contribution in [0.25, 0.3) is 0 Å². The second kappa shape index (κ2) is 7.04. The van der Waals surface area contributed by atoms with Gasteiger partial charge in [-0.15, -0.1) is 0 Å². The van der Waals surface area contributed by atoms with E-state index in [0.717, 1.165) is 25.3 Å². The molecule has 1 aromatic rings. The van der Waals surface area contributed by atoms with Gasteiger partial charge in [-0.1, -0.05) is 25.1 Å². The third kappa shape index (κ3) is 3.35. The molecule has 5 nitrogen and oxygen atoms in total. The van der Waals surface area contributed by atoms with Crippen LogP contribution < -0.4 is 10.2 Å². The third-order valence-corrected chi connectivity index (χ3v) is 3.62. The van der Waals surface area contributed by atoms with Crippen molar-refractivity contribution < 1.29 is 4.79 Å². The second-order valence-electron chi connectivity index (χ2n) is 4.85. The fourth-order valence-electron chi connectivity index (χ4n) is 2.29. The lowest BCUT2D eigenvalue weighted by Gasteiger charge is -2.38. The van der Waals surface area contributed by atoms with E-state index >= 15 is 0 Å². The number of nitrogens with one attached hydrogen (secondary N) is 1. The van der Waals surface area contributed by atoms with E-state index in [4.69, 9.17) is 5.26 Å². The second-order valence-corrected chi connectivity index (χ2v) is 4.85. The molecule has 20 heavy (non-hydrogen) atoms. The van der Waals surface area contributed by atoms with Crippen molar-refractivity contribution in [3.8, 4) is 6.07 Å². The maximum atomic E-state index is 12.5. The molecule has 0 spiro atoms. The van der Waals surface area contributed by atoms with Crippen LogP contribution in [0.3, 0.4) is 0 Å². The average molecular weight is 272 g/mol. The van der Waals surface area contributed by atoms with Crippen molar-refractivity contribution >= 4 is 11.6 Å². The first-order valence-corrected chi connectivity index (χ1v) is 6.93. The standard InChI is InChI=1S/C15H20N4O/c1-2-18(14-10-17-11-14)12-15(20)19(9-8-16)13-6-4-3-5-7-13/h3-7,14,17H,2,9-12H2,1H3. The monoisotopic (exact) mass is 272 g/mol. The Balaban J connectivity index is 2.05. The largest absolute Gasteiger partial charge is 0.314 e. The molecule has 1 fully saturated rings. The SMILES string of the molecule is CCN(CC(=O)N(CC#N)c1ccccc1)C1CNC1. The molecule has 1 amide bonds. The van der Waals surface area contributed by atoms with Crippen LogP contribution >= 0.6 is 0 Å². The molecular formula is C15H20N4O. The van der Waals surface area contributed by atoms with E-state index < -0.39 is 0 Å². The Morgan fingerprint density at radius 2 is 2.10 bits per heavy atom. The number of nitriles is 1. The molecule has 0 radical (unpaired) electrons. The van der Waals surface area contributed by atoms with Gasteiger partial charge in [0.1, 0.15) is 6.54 Å². The van der Waals surface area contributed by atoms with Gasteiger partial charge in [-0.3, -0.25) is 14.6 Å². The Labute approximate surface area is 119 Å². The van der Waals surface area contributed by atoms with Crippen LogP contribution in [0.1, 0.15) is 6.92 Å². The molecule has 0 atom stereocenters.